The van der Waals surface area contributed by atoms with Crippen LogP contribution >= 0.6 is 0 Å². The molecule has 178 valence electrons. The van der Waals surface area contributed by atoms with E-state index >= 15 is 0 Å². The molecule has 2 saturated carbocycles. The Morgan fingerprint density at radius 3 is 2.44 bits per heavy atom. The van der Waals surface area contributed by atoms with Gasteiger partial charge < -0.3 is 14.7 Å². The van der Waals surface area contributed by atoms with Crippen LogP contribution in [-0.4, -0.2) is 46.7 Å². The summed E-state index contributed by atoms with van der Waals surface area (Å²) in [6, 6.07) is 15.4. The van der Waals surface area contributed by atoms with E-state index in [9.17, 15) is 14.4 Å². The highest BCUT2D eigenvalue weighted by molar-refractivity contribution is 6.07. The number of hydrogen-bond donors (Lipinski definition) is 1. The van der Waals surface area contributed by atoms with Gasteiger partial charge in [-0.2, -0.15) is 0 Å². The van der Waals surface area contributed by atoms with Crippen LogP contribution in [0, 0.1) is 5.92 Å². The Hall–Kier alpha value is -3.35. The number of anilines is 1. The lowest BCUT2D eigenvalue weighted by molar-refractivity contribution is -0.140. The molecule has 0 bridgehead atoms. The lowest BCUT2D eigenvalue weighted by Gasteiger charge is -2.47. The maximum Gasteiger partial charge on any atom is 0.411 e. The summed E-state index contributed by atoms with van der Waals surface area (Å²) in [6.07, 6.45) is 4.85. The van der Waals surface area contributed by atoms with Crippen molar-refractivity contribution in [2.24, 2.45) is 5.92 Å². The van der Waals surface area contributed by atoms with Crippen molar-refractivity contribution in [1.29, 1.82) is 0 Å². The molecule has 0 spiro atoms. The fourth-order valence-electron chi connectivity index (χ4n) is 5.70. The van der Waals surface area contributed by atoms with Gasteiger partial charge in [-0.25, -0.2) is 9.59 Å². The second-order valence-corrected chi connectivity index (χ2v) is 9.48. The number of carbonyl (C=O) groups excluding carboxylic acids is 2. The van der Waals surface area contributed by atoms with E-state index < -0.39 is 18.7 Å². The highest BCUT2D eigenvalue weighted by Gasteiger charge is 2.52. The third kappa shape index (κ3) is 4.04. The minimum Gasteiger partial charge on any atom is -0.479 e. The minimum absolute atomic E-state index is 0.0168. The summed E-state index contributed by atoms with van der Waals surface area (Å²) in [4.78, 5) is 41.6. The molecule has 2 aromatic rings. The Morgan fingerprint density at radius 1 is 1.03 bits per heavy atom. The molecule has 0 radical (unpaired) electrons. The van der Waals surface area contributed by atoms with Gasteiger partial charge in [0.25, 0.3) is 5.91 Å². The SMILES string of the molecule is CCc1ccc(C(=O)N2c3ccccc3C(N(C(=O)OCC(=O)O)C3CC3)C3CCCC32)cc1. The smallest absolute Gasteiger partial charge is 0.411 e. The van der Waals surface area contributed by atoms with Crippen molar-refractivity contribution in [3.05, 3.63) is 65.2 Å². The molecule has 2 amide bonds. The number of aliphatic carboxylic acids is 1. The third-order valence-corrected chi connectivity index (χ3v) is 7.38. The largest absolute Gasteiger partial charge is 0.479 e. The Kier molecular flexibility index (Phi) is 6.02. The van der Waals surface area contributed by atoms with Crippen LogP contribution in [0.25, 0.3) is 0 Å². The molecule has 2 aliphatic carbocycles. The predicted molar refractivity (Wildman–Crippen MR) is 127 cm³/mol. The molecule has 0 aromatic heterocycles. The zero-order chi connectivity index (χ0) is 23.8. The monoisotopic (exact) mass is 462 g/mol. The van der Waals surface area contributed by atoms with Crippen molar-refractivity contribution in [3.63, 3.8) is 0 Å². The Morgan fingerprint density at radius 2 is 1.76 bits per heavy atom. The molecule has 1 heterocycles. The summed E-state index contributed by atoms with van der Waals surface area (Å²) < 4.78 is 5.16. The van der Waals surface area contributed by atoms with Crippen LogP contribution in [-0.2, 0) is 16.0 Å². The van der Waals surface area contributed by atoms with Crippen LogP contribution in [0.3, 0.4) is 0 Å². The van der Waals surface area contributed by atoms with Crippen LogP contribution < -0.4 is 4.90 Å². The number of aryl methyl sites for hydroxylation is 1. The second-order valence-electron chi connectivity index (χ2n) is 9.48. The van der Waals surface area contributed by atoms with Gasteiger partial charge in [-0.05, 0) is 61.4 Å². The van der Waals surface area contributed by atoms with Gasteiger partial charge in [0.1, 0.15) is 0 Å². The van der Waals surface area contributed by atoms with E-state index in [1.54, 1.807) is 4.90 Å². The molecule has 2 fully saturated rings. The third-order valence-electron chi connectivity index (χ3n) is 7.38. The van der Waals surface area contributed by atoms with E-state index in [0.29, 0.717) is 5.56 Å². The number of ether oxygens (including phenoxy) is 1. The van der Waals surface area contributed by atoms with Crippen molar-refractivity contribution in [2.75, 3.05) is 11.5 Å². The van der Waals surface area contributed by atoms with Gasteiger partial charge in [0.05, 0.1) is 6.04 Å². The fraction of sp³-hybridized carbons (Fsp3) is 0.444. The van der Waals surface area contributed by atoms with Crippen molar-refractivity contribution < 1.29 is 24.2 Å². The summed E-state index contributed by atoms with van der Waals surface area (Å²) >= 11 is 0. The van der Waals surface area contributed by atoms with Gasteiger partial charge in [-0.1, -0.05) is 43.7 Å². The summed E-state index contributed by atoms with van der Waals surface area (Å²) in [6.45, 7) is 1.44. The zero-order valence-corrected chi connectivity index (χ0v) is 19.4. The first-order valence-electron chi connectivity index (χ1n) is 12.2. The standard InChI is InChI=1S/C27H30N2O5/c1-2-17-10-12-18(13-11-17)26(32)29-22-8-4-3-6-20(22)25(21-7-5-9-23(21)29)28(19-14-15-19)27(33)34-16-24(30)31/h3-4,6,8,10-13,19,21,23,25H,2,5,7,9,14-16H2,1H3,(H,30,31). The first kappa shape index (κ1) is 22.4. The zero-order valence-electron chi connectivity index (χ0n) is 19.4. The highest BCUT2D eigenvalue weighted by atomic mass is 16.6. The number of nitrogens with zero attached hydrogens (tertiary/aromatic N) is 2. The number of amides is 2. The molecule has 1 N–H and O–H groups in total. The van der Waals surface area contributed by atoms with E-state index in [1.807, 2.05) is 53.4 Å². The summed E-state index contributed by atoms with van der Waals surface area (Å²) in [5, 5.41) is 9.01. The van der Waals surface area contributed by atoms with Crippen LogP contribution in [0.1, 0.15) is 66.6 Å². The molecule has 7 heteroatoms. The van der Waals surface area contributed by atoms with E-state index in [4.69, 9.17) is 9.84 Å². The lowest BCUT2D eigenvalue weighted by atomic mass is 9.81. The van der Waals surface area contributed by atoms with Crippen LogP contribution in [0.5, 0.6) is 0 Å². The van der Waals surface area contributed by atoms with E-state index in [1.165, 1.54) is 5.56 Å². The summed E-state index contributed by atoms with van der Waals surface area (Å²) in [5.41, 5.74) is 3.62. The molecule has 1 aliphatic heterocycles. The number of para-hydroxylation sites is 1. The maximum absolute atomic E-state index is 13.8. The van der Waals surface area contributed by atoms with Gasteiger partial charge in [0.15, 0.2) is 6.61 Å². The molecular weight excluding hydrogens is 432 g/mol. The molecule has 3 atom stereocenters. The van der Waals surface area contributed by atoms with Gasteiger partial charge in [-0.15, -0.1) is 0 Å². The number of benzene rings is 2. The first-order valence-corrected chi connectivity index (χ1v) is 12.2. The number of rotatable bonds is 6. The lowest BCUT2D eigenvalue weighted by Crippen LogP contribution is -2.53. The van der Waals surface area contributed by atoms with E-state index in [-0.39, 0.29) is 30.0 Å². The minimum atomic E-state index is -1.17. The Labute approximate surface area is 199 Å². The normalized spacial score (nSPS) is 23.1. The molecule has 0 saturated heterocycles. The number of carboxylic acid groups (broad SMARTS) is 1. The number of carboxylic acids is 1. The van der Waals surface area contributed by atoms with Crippen molar-refractivity contribution in [2.45, 2.75) is 63.6 Å². The average Bonchev–Trinajstić information content (AvgIpc) is 3.57. The molecule has 5 rings (SSSR count). The molecular formula is C27H30N2O5. The number of fused-ring (bicyclic) bond motifs is 2. The number of carbonyl (C=O) groups is 3. The average molecular weight is 463 g/mol. The van der Waals surface area contributed by atoms with Gasteiger partial charge in [0.2, 0.25) is 0 Å². The molecule has 2 aromatic carbocycles. The van der Waals surface area contributed by atoms with Crippen molar-refractivity contribution in [1.82, 2.24) is 4.90 Å². The maximum atomic E-state index is 13.8. The van der Waals surface area contributed by atoms with Gasteiger partial charge in [-0.3, -0.25) is 9.69 Å². The van der Waals surface area contributed by atoms with Gasteiger partial charge >= 0.3 is 12.1 Å². The molecule has 7 nitrogen and oxygen atoms in total. The molecule has 34 heavy (non-hydrogen) atoms. The second kappa shape index (κ2) is 9.12. The van der Waals surface area contributed by atoms with Crippen molar-refractivity contribution >= 4 is 23.7 Å². The topological polar surface area (TPSA) is 87.2 Å². The van der Waals surface area contributed by atoms with Crippen LogP contribution in [0.4, 0.5) is 10.5 Å². The summed E-state index contributed by atoms with van der Waals surface area (Å²) in [7, 11) is 0. The Bertz CT molecular complexity index is 1090. The molecule has 3 unspecified atom stereocenters. The quantitative estimate of drug-likeness (QED) is 0.666. The van der Waals surface area contributed by atoms with Crippen LogP contribution in [0.2, 0.25) is 0 Å². The first-order chi connectivity index (χ1) is 16.5. The molecule has 3 aliphatic rings. The van der Waals surface area contributed by atoms with Gasteiger partial charge in [0, 0.05) is 29.3 Å². The number of hydrogen-bond acceptors (Lipinski definition) is 4. The summed E-state index contributed by atoms with van der Waals surface area (Å²) in [5.74, 6) is -1.11. The van der Waals surface area contributed by atoms with Crippen molar-refractivity contribution in [3.8, 4) is 0 Å². The fourth-order valence-corrected chi connectivity index (χ4v) is 5.70. The van der Waals surface area contributed by atoms with E-state index in [2.05, 4.69) is 6.92 Å². The van der Waals surface area contributed by atoms with Crippen LogP contribution in [0.15, 0.2) is 48.5 Å². The van der Waals surface area contributed by atoms with E-state index in [0.717, 1.165) is 49.8 Å². The highest BCUT2D eigenvalue weighted by Crippen LogP contribution is 2.52. The predicted octanol–water partition coefficient (Wildman–Crippen LogP) is 4.80. The Balaban J connectivity index is 1.54.